The first-order valence-electron chi connectivity index (χ1n) is 7.52. The lowest BCUT2D eigenvalue weighted by atomic mass is 10.0. The van der Waals surface area contributed by atoms with Crippen LogP contribution in [-0.2, 0) is 11.3 Å². The number of aromatic nitrogens is 2. The lowest BCUT2D eigenvalue weighted by Gasteiger charge is -2.17. The Kier molecular flexibility index (Phi) is 4.99. The largest absolute Gasteiger partial charge is 0.381 e. The van der Waals surface area contributed by atoms with E-state index < -0.39 is 0 Å². The van der Waals surface area contributed by atoms with Gasteiger partial charge in [-0.1, -0.05) is 13.8 Å². The lowest BCUT2D eigenvalue weighted by molar-refractivity contribution is 0.181. The molecule has 0 aromatic carbocycles. The Hall–Kier alpha value is -0.870. The fourth-order valence-electron chi connectivity index (χ4n) is 3.06. The van der Waals surface area contributed by atoms with Crippen LogP contribution in [0, 0.1) is 19.8 Å². The number of hydrogen-bond acceptors (Lipinski definition) is 3. The number of aryl methyl sites for hydroxylation is 1. The Morgan fingerprint density at radius 3 is 2.79 bits per heavy atom. The van der Waals surface area contributed by atoms with Gasteiger partial charge in [0.1, 0.15) is 0 Å². The van der Waals surface area contributed by atoms with Crippen LogP contribution in [0.15, 0.2) is 0 Å². The van der Waals surface area contributed by atoms with Gasteiger partial charge in [-0.25, -0.2) is 0 Å². The fraction of sp³-hybridized carbons (Fsp3) is 0.800. The molecule has 0 bridgehead atoms. The average Bonchev–Trinajstić information content (AvgIpc) is 2.98. The van der Waals surface area contributed by atoms with Crippen molar-refractivity contribution in [2.45, 2.75) is 53.1 Å². The van der Waals surface area contributed by atoms with Crippen LogP contribution >= 0.6 is 0 Å². The Morgan fingerprint density at radius 1 is 1.42 bits per heavy atom. The van der Waals surface area contributed by atoms with Crippen molar-refractivity contribution < 1.29 is 4.74 Å². The fourth-order valence-corrected chi connectivity index (χ4v) is 3.06. The zero-order chi connectivity index (χ0) is 13.8. The second kappa shape index (κ2) is 6.53. The molecular weight excluding hydrogens is 238 g/mol. The molecule has 1 aromatic rings. The Morgan fingerprint density at radius 2 is 2.21 bits per heavy atom. The molecule has 1 N–H and O–H groups in total. The van der Waals surface area contributed by atoms with Gasteiger partial charge in [0, 0.05) is 36.4 Å². The summed E-state index contributed by atoms with van der Waals surface area (Å²) in [5, 5.41) is 8.31. The molecule has 0 aliphatic carbocycles. The highest BCUT2D eigenvalue weighted by Gasteiger charge is 2.22. The standard InChI is InChI=1S/C15H27N3O/c1-5-14(16-6-2)15-11(3)17-18(12(15)4)9-13-7-8-19-10-13/h13-14,16H,5-10H2,1-4H3. The van der Waals surface area contributed by atoms with E-state index >= 15 is 0 Å². The molecule has 0 amide bonds. The van der Waals surface area contributed by atoms with Gasteiger partial charge in [0.25, 0.3) is 0 Å². The smallest absolute Gasteiger partial charge is 0.0644 e. The maximum absolute atomic E-state index is 5.46. The molecule has 19 heavy (non-hydrogen) atoms. The van der Waals surface area contributed by atoms with E-state index in [9.17, 15) is 0 Å². The molecule has 0 spiro atoms. The van der Waals surface area contributed by atoms with E-state index in [1.807, 2.05) is 0 Å². The summed E-state index contributed by atoms with van der Waals surface area (Å²) in [6, 6.07) is 0.429. The summed E-state index contributed by atoms with van der Waals surface area (Å²) in [4.78, 5) is 0. The van der Waals surface area contributed by atoms with Crippen LogP contribution in [0.4, 0.5) is 0 Å². The molecule has 1 aliphatic rings. The van der Waals surface area contributed by atoms with Crippen LogP contribution in [0.5, 0.6) is 0 Å². The van der Waals surface area contributed by atoms with E-state index in [1.54, 1.807) is 0 Å². The third-order valence-corrected chi connectivity index (χ3v) is 4.10. The third kappa shape index (κ3) is 3.18. The van der Waals surface area contributed by atoms with Crippen molar-refractivity contribution in [1.82, 2.24) is 15.1 Å². The Balaban J connectivity index is 2.17. The number of rotatable bonds is 6. The highest BCUT2D eigenvalue weighted by atomic mass is 16.5. The molecule has 1 fully saturated rings. The number of nitrogens with one attached hydrogen (secondary N) is 1. The molecule has 0 radical (unpaired) electrons. The number of ether oxygens (including phenoxy) is 1. The van der Waals surface area contributed by atoms with E-state index in [2.05, 4.69) is 37.7 Å². The first kappa shape index (κ1) is 14.5. The van der Waals surface area contributed by atoms with Gasteiger partial charge in [-0.2, -0.15) is 5.10 Å². The van der Waals surface area contributed by atoms with E-state index in [1.165, 1.54) is 17.0 Å². The van der Waals surface area contributed by atoms with Crippen molar-refractivity contribution in [3.8, 4) is 0 Å². The van der Waals surface area contributed by atoms with Crippen LogP contribution in [-0.4, -0.2) is 29.5 Å². The monoisotopic (exact) mass is 265 g/mol. The predicted octanol–water partition coefficient (Wildman–Crippen LogP) is 2.60. The summed E-state index contributed by atoms with van der Waals surface area (Å²) in [6.45, 7) is 12.5. The minimum Gasteiger partial charge on any atom is -0.381 e. The van der Waals surface area contributed by atoms with Crippen molar-refractivity contribution in [3.63, 3.8) is 0 Å². The van der Waals surface area contributed by atoms with Gasteiger partial charge in [-0.3, -0.25) is 4.68 Å². The van der Waals surface area contributed by atoms with Gasteiger partial charge in [0.15, 0.2) is 0 Å². The van der Waals surface area contributed by atoms with Gasteiger partial charge >= 0.3 is 0 Å². The zero-order valence-electron chi connectivity index (χ0n) is 12.7. The van der Waals surface area contributed by atoms with Gasteiger partial charge in [-0.15, -0.1) is 0 Å². The van der Waals surface area contributed by atoms with Gasteiger partial charge in [0.2, 0.25) is 0 Å². The second-order valence-corrected chi connectivity index (χ2v) is 5.51. The molecule has 108 valence electrons. The molecule has 2 rings (SSSR count). The zero-order valence-corrected chi connectivity index (χ0v) is 12.7. The summed E-state index contributed by atoms with van der Waals surface area (Å²) in [6.07, 6.45) is 2.27. The number of hydrogen-bond donors (Lipinski definition) is 1. The molecule has 1 aromatic heterocycles. The normalized spacial score (nSPS) is 20.9. The van der Waals surface area contributed by atoms with Crippen molar-refractivity contribution >= 4 is 0 Å². The highest BCUT2D eigenvalue weighted by Crippen LogP contribution is 2.25. The quantitative estimate of drug-likeness (QED) is 0.859. The van der Waals surface area contributed by atoms with Crippen LogP contribution in [0.3, 0.4) is 0 Å². The molecule has 2 atom stereocenters. The maximum atomic E-state index is 5.46. The van der Waals surface area contributed by atoms with E-state index in [4.69, 9.17) is 9.84 Å². The minimum absolute atomic E-state index is 0.429. The summed E-state index contributed by atoms with van der Waals surface area (Å²) in [7, 11) is 0. The van der Waals surface area contributed by atoms with Crippen molar-refractivity contribution in [1.29, 1.82) is 0 Å². The molecule has 4 nitrogen and oxygen atoms in total. The molecule has 1 saturated heterocycles. The maximum Gasteiger partial charge on any atom is 0.0644 e. The second-order valence-electron chi connectivity index (χ2n) is 5.51. The highest BCUT2D eigenvalue weighted by molar-refractivity contribution is 5.28. The molecule has 4 heteroatoms. The first-order valence-corrected chi connectivity index (χ1v) is 7.52. The third-order valence-electron chi connectivity index (χ3n) is 4.10. The molecule has 2 unspecified atom stereocenters. The summed E-state index contributed by atoms with van der Waals surface area (Å²) >= 11 is 0. The molecule has 2 heterocycles. The van der Waals surface area contributed by atoms with Crippen molar-refractivity contribution in [2.75, 3.05) is 19.8 Å². The van der Waals surface area contributed by atoms with Crippen LogP contribution in [0.25, 0.3) is 0 Å². The minimum atomic E-state index is 0.429. The molecular formula is C15H27N3O. The van der Waals surface area contributed by atoms with Crippen molar-refractivity contribution in [2.24, 2.45) is 5.92 Å². The van der Waals surface area contributed by atoms with Crippen LogP contribution in [0.1, 0.15) is 49.7 Å². The topological polar surface area (TPSA) is 39.1 Å². The van der Waals surface area contributed by atoms with Crippen LogP contribution < -0.4 is 5.32 Å². The summed E-state index contributed by atoms with van der Waals surface area (Å²) in [5.41, 5.74) is 3.88. The lowest BCUT2D eigenvalue weighted by Crippen LogP contribution is -2.21. The summed E-state index contributed by atoms with van der Waals surface area (Å²) < 4.78 is 7.64. The van der Waals surface area contributed by atoms with Crippen molar-refractivity contribution in [3.05, 3.63) is 17.0 Å². The summed E-state index contributed by atoms with van der Waals surface area (Å²) in [5.74, 6) is 0.630. The Bertz CT molecular complexity index is 408. The van der Waals surface area contributed by atoms with E-state index in [0.29, 0.717) is 12.0 Å². The Labute approximate surface area is 116 Å². The predicted molar refractivity (Wildman–Crippen MR) is 77.3 cm³/mol. The van der Waals surface area contributed by atoms with Crippen LogP contribution in [0.2, 0.25) is 0 Å². The van der Waals surface area contributed by atoms with Gasteiger partial charge in [-0.05, 0) is 33.2 Å². The van der Waals surface area contributed by atoms with Gasteiger partial charge < -0.3 is 10.1 Å². The van der Waals surface area contributed by atoms with Gasteiger partial charge in [0.05, 0.1) is 12.3 Å². The molecule has 1 aliphatic heterocycles. The van der Waals surface area contributed by atoms with E-state index in [-0.39, 0.29) is 0 Å². The molecule has 0 saturated carbocycles. The first-order chi connectivity index (χ1) is 9.17. The average molecular weight is 265 g/mol. The number of nitrogens with zero attached hydrogens (tertiary/aromatic N) is 2. The van der Waals surface area contributed by atoms with E-state index in [0.717, 1.165) is 39.1 Å². The SMILES string of the molecule is CCNC(CC)c1c(C)nn(CC2CCOC2)c1C.